The summed E-state index contributed by atoms with van der Waals surface area (Å²) in [5, 5.41) is 6.71. The van der Waals surface area contributed by atoms with Crippen molar-refractivity contribution in [3.05, 3.63) is 51.2 Å². The quantitative estimate of drug-likeness (QED) is 0.858. The third kappa shape index (κ3) is 3.89. The van der Waals surface area contributed by atoms with Crippen molar-refractivity contribution in [1.29, 1.82) is 0 Å². The van der Waals surface area contributed by atoms with Crippen LogP contribution in [0.4, 0.5) is 4.39 Å². The standard InChI is InChI=1S/C17H23FN2S/c1-10(2)15-9-21-17(20-15)16(19-11(3)4)14-7-6-13(18)8-12(14)5/h6-11,16,19H,1-5H3. The molecule has 2 nitrogen and oxygen atoms in total. The van der Waals surface area contributed by atoms with Crippen LogP contribution in [0.1, 0.15) is 61.5 Å². The van der Waals surface area contributed by atoms with Gasteiger partial charge in [-0.25, -0.2) is 9.37 Å². The molecular weight excluding hydrogens is 283 g/mol. The van der Waals surface area contributed by atoms with Crippen molar-refractivity contribution < 1.29 is 4.39 Å². The van der Waals surface area contributed by atoms with Crippen LogP contribution in [-0.2, 0) is 0 Å². The minimum atomic E-state index is -0.193. The van der Waals surface area contributed by atoms with E-state index in [2.05, 4.69) is 38.4 Å². The van der Waals surface area contributed by atoms with Gasteiger partial charge in [0.25, 0.3) is 0 Å². The van der Waals surface area contributed by atoms with Crippen LogP contribution in [0.25, 0.3) is 0 Å². The van der Waals surface area contributed by atoms with Gasteiger partial charge in [-0.1, -0.05) is 19.9 Å². The topological polar surface area (TPSA) is 24.9 Å². The van der Waals surface area contributed by atoms with E-state index in [9.17, 15) is 4.39 Å². The summed E-state index contributed by atoms with van der Waals surface area (Å²) in [6.07, 6.45) is 0. The van der Waals surface area contributed by atoms with E-state index >= 15 is 0 Å². The van der Waals surface area contributed by atoms with Gasteiger partial charge in [0.05, 0.1) is 11.7 Å². The second-order valence-corrected chi connectivity index (χ2v) is 6.91. The van der Waals surface area contributed by atoms with E-state index in [0.717, 1.165) is 21.8 Å². The monoisotopic (exact) mass is 306 g/mol. The molecule has 1 N–H and O–H groups in total. The van der Waals surface area contributed by atoms with Gasteiger partial charge in [-0.2, -0.15) is 0 Å². The minimum Gasteiger partial charge on any atom is -0.302 e. The molecule has 0 saturated heterocycles. The van der Waals surface area contributed by atoms with Gasteiger partial charge in [0.1, 0.15) is 10.8 Å². The van der Waals surface area contributed by atoms with Crippen molar-refractivity contribution in [2.75, 3.05) is 0 Å². The largest absolute Gasteiger partial charge is 0.302 e. The lowest BCUT2D eigenvalue weighted by Gasteiger charge is -2.21. The Bertz CT molecular complexity index is 605. The first-order valence-electron chi connectivity index (χ1n) is 7.36. The SMILES string of the molecule is Cc1cc(F)ccc1C(NC(C)C)c1nc(C(C)C)cs1. The highest BCUT2D eigenvalue weighted by molar-refractivity contribution is 7.09. The zero-order chi connectivity index (χ0) is 15.6. The van der Waals surface area contributed by atoms with Gasteiger partial charge in [-0.15, -0.1) is 11.3 Å². The van der Waals surface area contributed by atoms with Crippen LogP contribution in [0.15, 0.2) is 23.6 Å². The number of thiazole rings is 1. The smallest absolute Gasteiger partial charge is 0.123 e. The number of benzene rings is 1. The zero-order valence-corrected chi connectivity index (χ0v) is 14.1. The molecule has 2 aromatic rings. The molecular formula is C17H23FN2S. The zero-order valence-electron chi connectivity index (χ0n) is 13.3. The Labute approximate surface area is 130 Å². The summed E-state index contributed by atoms with van der Waals surface area (Å²) in [6.45, 7) is 10.5. The van der Waals surface area contributed by atoms with Gasteiger partial charge in [-0.3, -0.25) is 0 Å². The Balaban J connectivity index is 2.41. The van der Waals surface area contributed by atoms with Gasteiger partial charge in [-0.05, 0) is 49.9 Å². The number of aryl methyl sites for hydroxylation is 1. The van der Waals surface area contributed by atoms with E-state index in [4.69, 9.17) is 4.98 Å². The maximum absolute atomic E-state index is 13.4. The number of nitrogens with zero attached hydrogens (tertiary/aromatic N) is 1. The van der Waals surface area contributed by atoms with Crippen molar-refractivity contribution >= 4 is 11.3 Å². The predicted molar refractivity (Wildman–Crippen MR) is 87.5 cm³/mol. The number of halogens is 1. The first-order valence-corrected chi connectivity index (χ1v) is 8.24. The molecule has 0 aliphatic rings. The molecule has 1 aromatic carbocycles. The second kappa shape index (κ2) is 6.67. The third-order valence-corrected chi connectivity index (χ3v) is 4.35. The molecule has 0 aliphatic carbocycles. The maximum atomic E-state index is 13.4. The summed E-state index contributed by atoms with van der Waals surface area (Å²) in [4.78, 5) is 4.77. The minimum absolute atomic E-state index is 0.0168. The third-order valence-electron chi connectivity index (χ3n) is 3.42. The maximum Gasteiger partial charge on any atom is 0.123 e. The molecule has 0 saturated carbocycles. The van der Waals surface area contributed by atoms with Crippen molar-refractivity contribution in [2.24, 2.45) is 0 Å². The lowest BCUT2D eigenvalue weighted by atomic mass is 10.0. The van der Waals surface area contributed by atoms with Crippen LogP contribution in [0, 0.1) is 12.7 Å². The summed E-state index contributed by atoms with van der Waals surface area (Å²) >= 11 is 1.67. The van der Waals surface area contributed by atoms with E-state index in [1.807, 2.05) is 13.0 Å². The fourth-order valence-corrected chi connectivity index (χ4v) is 3.34. The molecule has 0 amide bonds. The molecule has 1 atom stereocenters. The lowest BCUT2D eigenvalue weighted by Crippen LogP contribution is -2.29. The Hall–Kier alpha value is -1.26. The number of hydrogen-bond donors (Lipinski definition) is 1. The number of nitrogens with one attached hydrogen (secondary N) is 1. The van der Waals surface area contributed by atoms with Crippen molar-refractivity contribution in [1.82, 2.24) is 10.3 Å². The molecule has 114 valence electrons. The molecule has 2 rings (SSSR count). The van der Waals surface area contributed by atoms with Gasteiger partial charge in [0.15, 0.2) is 0 Å². The van der Waals surface area contributed by atoms with Crippen LogP contribution in [0.3, 0.4) is 0 Å². The molecule has 0 fully saturated rings. The lowest BCUT2D eigenvalue weighted by molar-refractivity contribution is 0.523. The van der Waals surface area contributed by atoms with Gasteiger partial charge in [0, 0.05) is 11.4 Å². The van der Waals surface area contributed by atoms with Crippen LogP contribution in [0.2, 0.25) is 0 Å². The first kappa shape index (κ1) is 16.1. The van der Waals surface area contributed by atoms with Crippen molar-refractivity contribution in [3.8, 4) is 0 Å². The summed E-state index contributed by atoms with van der Waals surface area (Å²) < 4.78 is 13.4. The Morgan fingerprint density at radius 1 is 1.19 bits per heavy atom. The average Bonchev–Trinajstić information content (AvgIpc) is 2.85. The van der Waals surface area contributed by atoms with Crippen LogP contribution >= 0.6 is 11.3 Å². The molecule has 1 heterocycles. The van der Waals surface area contributed by atoms with E-state index in [1.54, 1.807) is 17.4 Å². The highest BCUT2D eigenvalue weighted by atomic mass is 32.1. The summed E-state index contributed by atoms with van der Waals surface area (Å²) in [7, 11) is 0. The second-order valence-electron chi connectivity index (χ2n) is 6.02. The van der Waals surface area contributed by atoms with Crippen LogP contribution in [0.5, 0.6) is 0 Å². The highest BCUT2D eigenvalue weighted by Crippen LogP contribution is 2.30. The summed E-state index contributed by atoms with van der Waals surface area (Å²) in [6, 6.07) is 5.31. The van der Waals surface area contributed by atoms with Gasteiger partial charge >= 0.3 is 0 Å². The van der Waals surface area contributed by atoms with E-state index in [0.29, 0.717) is 12.0 Å². The highest BCUT2D eigenvalue weighted by Gasteiger charge is 2.21. The van der Waals surface area contributed by atoms with E-state index in [1.165, 1.54) is 6.07 Å². The Morgan fingerprint density at radius 2 is 1.90 bits per heavy atom. The molecule has 4 heteroatoms. The molecule has 1 unspecified atom stereocenters. The number of rotatable bonds is 5. The van der Waals surface area contributed by atoms with Gasteiger partial charge < -0.3 is 5.32 Å². The first-order chi connectivity index (χ1) is 9.88. The Morgan fingerprint density at radius 3 is 2.43 bits per heavy atom. The number of aromatic nitrogens is 1. The van der Waals surface area contributed by atoms with E-state index in [-0.39, 0.29) is 11.9 Å². The van der Waals surface area contributed by atoms with E-state index < -0.39 is 0 Å². The van der Waals surface area contributed by atoms with Gasteiger partial charge in [0.2, 0.25) is 0 Å². The molecule has 0 spiro atoms. The normalized spacial score (nSPS) is 13.1. The summed E-state index contributed by atoms with van der Waals surface area (Å²) in [5.74, 6) is 0.227. The Kier molecular flexibility index (Phi) is 5.12. The predicted octanol–water partition coefficient (Wildman–Crippen LogP) is 4.80. The summed E-state index contributed by atoms with van der Waals surface area (Å²) in [5.41, 5.74) is 3.16. The molecule has 1 aromatic heterocycles. The van der Waals surface area contributed by atoms with Crippen LogP contribution < -0.4 is 5.32 Å². The average molecular weight is 306 g/mol. The fraction of sp³-hybridized carbons (Fsp3) is 0.471. The molecule has 0 radical (unpaired) electrons. The molecule has 0 bridgehead atoms. The number of hydrogen-bond acceptors (Lipinski definition) is 3. The fourth-order valence-electron chi connectivity index (χ4n) is 2.29. The molecule has 0 aliphatic heterocycles. The van der Waals surface area contributed by atoms with Crippen molar-refractivity contribution in [3.63, 3.8) is 0 Å². The van der Waals surface area contributed by atoms with Crippen molar-refractivity contribution in [2.45, 2.75) is 52.6 Å². The van der Waals surface area contributed by atoms with Crippen LogP contribution in [-0.4, -0.2) is 11.0 Å². The molecule has 21 heavy (non-hydrogen) atoms.